The summed E-state index contributed by atoms with van der Waals surface area (Å²) in [5, 5.41) is 8.93. The number of halogens is 3. The van der Waals surface area contributed by atoms with Gasteiger partial charge in [-0.1, -0.05) is 19.9 Å². The van der Waals surface area contributed by atoms with Crippen molar-refractivity contribution in [2.75, 3.05) is 6.61 Å². The van der Waals surface area contributed by atoms with Gasteiger partial charge in [-0.3, -0.25) is 0 Å². The zero-order chi connectivity index (χ0) is 12.3. The predicted molar refractivity (Wildman–Crippen MR) is 55.9 cm³/mol. The number of hydrogen-bond acceptors (Lipinski definition) is 1. The standard InChI is InChI=1S/C12H14F3O/c1-3-9-4-10(8(2)7-16)6-11(5-9)12(13,14)15/h4-6,16H,3,7H2,1-2H3. The molecule has 0 saturated heterocycles. The number of aryl methyl sites for hydroxylation is 1. The van der Waals surface area contributed by atoms with E-state index in [0.717, 1.165) is 12.1 Å². The van der Waals surface area contributed by atoms with Gasteiger partial charge in [0.15, 0.2) is 0 Å². The fourth-order valence-corrected chi connectivity index (χ4v) is 1.40. The molecule has 1 radical (unpaired) electrons. The van der Waals surface area contributed by atoms with Gasteiger partial charge in [0.2, 0.25) is 0 Å². The van der Waals surface area contributed by atoms with Crippen LogP contribution in [0.2, 0.25) is 0 Å². The summed E-state index contributed by atoms with van der Waals surface area (Å²) in [4.78, 5) is 0. The molecule has 0 spiro atoms. The van der Waals surface area contributed by atoms with Crippen molar-refractivity contribution < 1.29 is 18.3 Å². The van der Waals surface area contributed by atoms with Gasteiger partial charge in [0, 0.05) is 5.92 Å². The quantitative estimate of drug-likeness (QED) is 0.846. The summed E-state index contributed by atoms with van der Waals surface area (Å²) < 4.78 is 37.7. The second-order valence-corrected chi connectivity index (χ2v) is 3.71. The van der Waals surface area contributed by atoms with Crippen LogP contribution >= 0.6 is 0 Å². The number of rotatable bonds is 3. The maximum atomic E-state index is 12.6. The Morgan fingerprint density at radius 1 is 1.25 bits per heavy atom. The molecule has 0 unspecified atom stereocenters. The number of hydrogen-bond donors (Lipinski definition) is 1. The van der Waals surface area contributed by atoms with Crippen LogP contribution in [0.15, 0.2) is 18.2 Å². The molecule has 0 aliphatic heterocycles. The van der Waals surface area contributed by atoms with Gasteiger partial charge in [0.1, 0.15) is 0 Å². The van der Waals surface area contributed by atoms with Crippen LogP contribution in [-0.2, 0) is 12.6 Å². The molecule has 0 heterocycles. The highest BCUT2D eigenvalue weighted by Crippen LogP contribution is 2.32. The highest BCUT2D eigenvalue weighted by atomic mass is 19.4. The fraction of sp³-hybridized carbons (Fsp3) is 0.417. The van der Waals surface area contributed by atoms with Gasteiger partial charge in [-0.2, -0.15) is 13.2 Å². The first-order valence-electron chi connectivity index (χ1n) is 5.03. The molecule has 1 aromatic rings. The van der Waals surface area contributed by atoms with E-state index in [9.17, 15) is 13.2 Å². The summed E-state index contributed by atoms with van der Waals surface area (Å²) in [5.74, 6) is 0.542. The Bertz CT molecular complexity index is 358. The summed E-state index contributed by atoms with van der Waals surface area (Å²) in [6.45, 7) is 3.19. The monoisotopic (exact) mass is 231 g/mol. The largest absolute Gasteiger partial charge is 0.416 e. The Labute approximate surface area is 92.9 Å². The van der Waals surface area contributed by atoms with E-state index >= 15 is 0 Å². The van der Waals surface area contributed by atoms with Gasteiger partial charge in [-0.25, -0.2) is 0 Å². The molecule has 0 amide bonds. The van der Waals surface area contributed by atoms with Gasteiger partial charge < -0.3 is 5.11 Å². The Hall–Kier alpha value is -1.03. The van der Waals surface area contributed by atoms with E-state index < -0.39 is 11.7 Å². The maximum Gasteiger partial charge on any atom is 0.416 e. The van der Waals surface area contributed by atoms with Crippen LogP contribution in [0.4, 0.5) is 13.2 Å². The molecule has 4 heteroatoms. The second-order valence-electron chi connectivity index (χ2n) is 3.71. The normalized spacial score (nSPS) is 12.2. The van der Waals surface area contributed by atoms with E-state index in [-0.39, 0.29) is 6.61 Å². The summed E-state index contributed by atoms with van der Waals surface area (Å²) in [7, 11) is 0. The molecule has 0 atom stereocenters. The first-order valence-corrected chi connectivity index (χ1v) is 5.03. The minimum absolute atomic E-state index is 0.232. The molecule has 0 aliphatic carbocycles. The SMILES string of the molecule is CCc1cc([C](C)CO)cc(C(F)(F)F)c1. The van der Waals surface area contributed by atoms with Gasteiger partial charge in [-0.05, 0) is 29.7 Å². The smallest absolute Gasteiger partial charge is 0.395 e. The van der Waals surface area contributed by atoms with Crippen LogP contribution in [0.5, 0.6) is 0 Å². The second kappa shape index (κ2) is 4.87. The highest BCUT2D eigenvalue weighted by Gasteiger charge is 2.31. The molecule has 1 N–H and O–H groups in total. The lowest BCUT2D eigenvalue weighted by Crippen LogP contribution is -2.09. The van der Waals surface area contributed by atoms with Crippen LogP contribution in [0.1, 0.15) is 30.5 Å². The Morgan fingerprint density at radius 2 is 1.88 bits per heavy atom. The van der Waals surface area contributed by atoms with Crippen molar-refractivity contribution in [3.05, 3.63) is 40.8 Å². The number of alkyl halides is 3. The van der Waals surface area contributed by atoms with Crippen LogP contribution in [0.25, 0.3) is 0 Å². The molecular formula is C12H14F3O. The molecule has 0 fully saturated rings. The first kappa shape index (κ1) is 13.0. The lowest BCUT2D eigenvalue weighted by atomic mass is 9.96. The Morgan fingerprint density at radius 3 is 2.31 bits per heavy atom. The number of benzene rings is 1. The zero-order valence-corrected chi connectivity index (χ0v) is 9.23. The fourth-order valence-electron chi connectivity index (χ4n) is 1.40. The van der Waals surface area contributed by atoms with Crippen LogP contribution < -0.4 is 0 Å². The zero-order valence-electron chi connectivity index (χ0n) is 9.23. The molecule has 0 saturated carbocycles. The summed E-state index contributed by atoms with van der Waals surface area (Å²) in [6.07, 6.45) is -3.80. The third-order valence-corrected chi connectivity index (χ3v) is 2.46. The maximum absolute atomic E-state index is 12.6. The van der Waals surface area contributed by atoms with Crippen LogP contribution in [-0.4, -0.2) is 11.7 Å². The summed E-state index contributed by atoms with van der Waals surface area (Å²) >= 11 is 0. The van der Waals surface area contributed by atoms with Crippen LogP contribution in [0, 0.1) is 5.92 Å². The minimum atomic E-state index is -4.34. The minimum Gasteiger partial charge on any atom is -0.395 e. The van der Waals surface area contributed by atoms with Crippen molar-refractivity contribution in [2.45, 2.75) is 26.4 Å². The van der Waals surface area contributed by atoms with Gasteiger partial charge in [0.25, 0.3) is 0 Å². The Balaban J connectivity index is 3.21. The molecule has 0 aliphatic rings. The average Bonchev–Trinajstić information content (AvgIpc) is 2.26. The van der Waals surface area contributed by atoms with E-state index in [1.807, 2.05) is 0 Å². The first-order chi connectivity index (χ1) is 7.38. The summed E-state index contributed by atoms with van der Waals surface area (Å²) in [5.41, 5.74) is 0.418. The van der Waals surface area contributed by atoms with E-state index in [0.29, 0.717) is 23.5 Å². The lowest BCUT2D eigenvalue weighted by Gasteiger charge is -2.14. The summed E-state index contributed by atoms with van der Waals surface area (Å²) in [6, 6.07) is 3.90. The molecule has 16 heavy (non-hydrogen) atoms. The van der Waals surface area contributed by atoms with Crippen molar-refractivity contribution in [1.29, 1.82) is 0 Å². The van der Waals surface area contributed by atoms with Gasteiger partial charge in [0.05, 0.1) is 12.2 Å². The topological polar surface area (TPSA) is 20.2 Å². The third-order valence-electron chi connectivity index (χ3n) is 2.46. The molecule has 0 aromatic heterocycles. The molecule has 0 bridgehead atoms. The van der Waals surface area contributed by atoms with Crippen molar-refractivity contribution in [2.24, 2.45) is 0 Å². The lowest BCUT2D eigenvalue weighted by molar-refractivity contribution is -0.137. The number of aliphatic hydroxyl groups excluding tert-OH is 1. The van der Waals surface area contributed by atoms with Gasteiger partial charge in [-0.15, -0.1) is 0 Å². The predicted octanol–water partition coefficient (Wildman–Crippen LogP) is 3.20. The average molecular weight is 231 g/mol. The van der Waals surface area contributed by atoms with Gasteiger partial charge >= 0.3 is 6.18 Å². The Kier molecular flexibility index (Phi) is 3.97. The molecule has 1 rings (SSSR count). The third kappa shape index (κ3) is 2.98. The molecular weight excluding hydrogens is 217 g/mol. The molecule has 89 valence electrons. The van der Waals surface area contributed by atoms with E-state index in [2.05, 4.69) is 0 Å². The van der Waals surface area contributed by atoms with Crippen molar-refractivity contribution >= 4 is 0 Å². The van der Waals surface area contributed by atoms with E-state index in [1.54, 1.807) is 19.9 Å². The van der Waals surface area contributed by atoms with Crippen molar-refractivity contribution in [1.82, 2.24) is 0 Å². The van der Waals surface area contributed by atoms with Crippen molar-refractivity contribution in [3.63, 3.8) is 0 Å². The van der Waals surface area contributed by atoms with Crippen molar-refractivity contribution in [3.8, 4) is 0 Å². The van der Waals surface area contributed by atoms with E-state index in [1.165, 1.54) is 0 Å². The van der Waals surface area contributed by atoms with E-state index in [4.69, 9.17) is 5.11 Å². The number of aliphatic hydroxyl groups is 1. The van der Waals surface area contributed by atoms with Crippen LogP contribution in [0.3, 0.4) is 0 Å². The molecule has 1 aromatic carbocycles. The highest BCUT2D eigenvalue weighted by molar-refractivity contribution is 5.39. The molecule has 1 nitrogen and oxygen atoms in total.